The summed E-state index contributed by atoms with van der Waals surface area (Å²) < 4.78 is 10.5. The molecule has 2 aromatic rings. The van der Waals surface area contributed by atoms with E-state index >= 15 is 0 Å². The first-order chi connectivity index (χ1) is 12.0. The number of ether oxygens (including phenoxy) is 2. The Bertz CT molecular complexity index is 729. The topological polar surface area (TPSA) is 84.9 Å². The van der Waals surface area contributed by atoms with E-state index in [0.717, 1.165) is 5.56 Å². The number of carboxylic acid groups (broad SMARTS) is 1. The number of carboxylic acids is 1. The minimum atomic E-state index is -1.01. The lowest BCUT2D eigenvalue weighted by molar-refractivity contribution is -0.137. The maximum absolute atomic E-state index is 12.6. The van der Waals surface area contributed by atoms with Crippen molar-refractivity contribution >= 4 is 23.2 Å². The lowest BCUT2D eigenvalue weighted by atomic mass is 9.99. The van der Waals surface area contributed by atoms with Gasteiger partial charge in [0, 0.05) is 11.6 Å². The van der Waals surface area contributed by atoms with Crippen LogP contribution in [0, 0.1) is 0 Å². The maximum atomic E-state index is 12.6. The molecule has 0 spiro atoms. The zero-order chi connectivity index (χ0) is 18.4. The van der Waals surface area contributed by atoms with Gasteiger partial charge in [0.1, 0.15) is 11.5 Å². The summed E-state index contributed by atoms with van der Waals surface area (Å²) in [5.74, 6) is -0.553. The minimum absolute atomic E-state index is 0.234. The van der Waals surface area contributed by atoms with Crippen molar-refractivity contribution in [1.29, 1.82) is 0 Å². The highest BCUT2D eigenvalue weighted by atomic mass is 32.1. The second kappa shape index (κ2) is 8.53. The molecule has 1 heterocycles. The lowest BCUT2D eigenvalue weighted by Crippen LogP contribution is -2.33. The number of benzene rings is 1. The fourth-order valence-corrected chi connectivity index (χ4v) is 3.24. The van der Waals surface area contributed by atoms with E-state index in [1.54, 1.807) is 25.1 Å². The van der Waals surface area contributed by atoms with Gasteiger partial charge in [-0.25, -0.2) is 0 Å². The molecule has 2 unspecified atom stereocenters. The summed E-state index contributed by atoms with van der Waals surface area (Å²) in [6.45, 7) is 1.79. The van der Waals surface area contributed by atoms with E-state index < -0.39 is 12.0 Å². The number of amides is 1. The Kier molecular flexibility index (Phi) is 6.41. The van der Waals surface area contributed by atoms with Crippen LogP contribution in [0.25, 0.3) is 0 Å². The van der Waals surface area contributed by atoms with Gasteiger partial charge in [0.2, 0.25) is 5.91 Å². The molecule has 1 aromatic carbocycles. The average molecular weight is 363 g/mol. The molecular formula is C18H21NO5S. The molecule has 134 valence electrons. The summed E-state index contributed by atoms with van der Waals surface area (Å²) >= 11 is 1.51. The summed E-state index contributed by atoms with van der Waals surface area (Å²) in [7, 11) is 3.03. The first-order valence-electron chi connectivity index (χ1n) is 7.72. The number of hydrogen-bond donors (Lipinski definition) is 2. The summed E-state index contributed by atoms with van der Waals surface area (Å²) in [5, 5.41) is 15.9. The Morgan fingerprint density at radius 2 is 2.00 bits per heavy atom. The van der Waals surface area contributed by atoms with Crippen molar-refractivity contribution in [1.82, 2.24) is 5.32 Å². The smallest absolute Gasteiger partial charge is 0.305 e. The van der Waals surface area contributed by atoms with Crippen molar-refractivity contribution in [3.63, 3.8) is 0 Å². The van der Waals surface area contributed by atoms with Gasteiger partial charge in [0.05, 0.1) is 32.6 Å². The molecule has 0 fully saturated rings. The number of carbonyl (C=O) groups excluding carboxylic acids is 1. The van der Waals surface area contributed by atoms with E-state index in [4.69, 9.17) is 9.47 Å². The number of methoxy groups -OCH3 is 2. The molecule has 0 bridgehead atoms. The van der Waals surface area contributed by atoms with Crippen LogP contribution in [0.1, 0.15) is 36.4 Å². The zero-order valence-corrected chi connectivity index (χ0v) is 15.1. The first kappa shape index (κ1) is 18.8. The molecule has 0 aliphatic carbocycles. The Labute approximate surface area is 150 Å². The van der Waals surface area contributed by atoms with Crippen LogP contribution in [-0.4, -0.2) is 31.2 Å². The monoisotopic (exact) mass is 363 g/mol. The molecule has 7 heteroatoms. The molecule has 2 rings (SSSR count). The van der Waals surface area contributed by atoms with E-state index in [0.29, 0.717) is 17.1 Å². The van der Waals surface area contributed by atoms with E-state index in [1.165, 1.54) is 25.6 Å². The van der Waals surface area contributed by atoms with Gasteiger partial charge in [0.25, 0.3) is 0 Å². The molecule has 6 nitrogen and oxygen atoms in total. The predicted octanol–water partition coefficient (Wildman–Crippen LogP) is 3.20. The molecule has 0 saturated carbocycles. The van der Waals surface area contributed by atoms with E-state index in [1.807, 2.05) is 16.8 Å². The Morgan fingerprint density at radius 1 is 1.24 bits per heavy atom. The Balaban J connectivity index is 2.27. The van der Waals surface area contributed by atoms with E-state index in [2.05, 4.69) is 5.32 Å². The fourth-order valence-electron chi connectivity index (χ4n) is 2.49. The largest absolute Gasteiger partial charge is 0.497 e. The van der Waals surface area contributed by atoms with Crippen LogP contribution < -0.4 is 14.8 Å². The summed E-state index contributed by atoms with van der Waals surface area (Å²) in [5.41, 5.74) is 1.50. The van der Waals surface area contributed by atoms with Crippen molar-refractivity contribution < 1.29 is 24.2 Å². The molecule has 1 amide bonds. The molecule has 2 N–H and O–H groups in total. The van der Waals surface area contributed by atoms with Crippen molar-refractivity contribution in [2.75, 3.05) is 14.2 Å². The predicted molar refractivity (Wildman–Crippen MR) is 95.4 cm³/mol. The van der Waals surface area contributed by atoms with Gasteiger partial charge < -0.3 is 19.9 Å². The van der Waals surface area contributed by atoms with Crippen molar-refractivity contribution in [2.24, 2.45) is 0 Å². The van der Waals surface area contributed by atoms with Gasteiger partial charge in [-0.05, 0) is 41.4 Å². The molecule has 25 heavy (non-hydrogen) atoms. The average Bonchev–Trinajstić information content (AvgIpc) is 3.13. The molecule has 0 aliphatic heterocycles. The minimum Gasteiger partial charge on any atom is -0.497 e. The highest BCUT2D eigenvalue weighted by Crippen LogP contribution is 2.32. The number of rotatable bonds is 8. The van der Waals surface area contributed by atoms with Crippen molar-refractivity contribution in [3.05, 3.63) is 46.2 Å². The number of hydrogen-bond acceptors (Lipinski definition) is 5. The second-order valence-corrected chi connectivity index (χ2v) is 6.33. The Morgan fingerprint density at radius 3 is 2.56 bits per heavy atom. The third-order valence-corrected chi connectivity index (χ3v) is 4.65. The fraction of sp³-hybridized carbons (Fsp3) is 0.333. The van der Waals surface area contributed by atoms with E-state index in [9.17, 15) is 14.7 Å². The van der Waals surface area contributed by atoms with Crippen LogP contribution in [-0.2, 0) is 9.59 Å². The molecule has 0 saturated heterocycles. The van der Waals surface area contributed by atoms with Crippen LogP contribution in [0.2, 0.25) is 0 Å². The van der Waals surface area contributed by atoms with Crippen LogP contribution in [0.3, 0.4) is 0 Å². The van der Waals surface area contributed by atoms with Gasteiger partial charge in [-0.3, -0.25) is 9.59 Å². The third kappa shape index (κ3) is 4.73. The van der Waals surface area contributed by atoms with Crippen LogP contribution >= 0.6 is 11.3 Å². The highest BCUT2D eigenvalue weighted by molar-refractivity contribution is 7.08. The molecular weight excluding hydrogens is 342 g/mol. The highest BCUT2D eigenvalue weighted by Gasteiger charge is 2.25. The van der Waals surface area contributed by atoms with Gasteiger partial charge in [-0.2, -0.15) is 11.3 Å². The standard InChI is InChI=1S/C18H21NO5S/c1-11(12-6-7-25-10-12)18(22)19-15(9-17(20)21)14-5-4-13(23-2)8-16(14)24-3/h4-8,10-11,15H,9H2,1-3H3,(H,19,22)(H,20,21). The molecule has 1 aromatic heterocycles. The number of nitrogens with one attached hydrogen (secondary N) is 1. The van der Waals surface area contributed by atoms with E-state index in [-0.39, 0.29) is 18.2 Å². The van der Waals surface area contributed by atoms with Crippen molar-refractivity contribution in [3.8, 4) is 11.5 Å². The zero-order valence-electron chi connectivity index (χ0n) is 14.3. The first-order valence-corrected chi connectivity index (χ1v) is 8.66. The third-order valence-electron chi connectivity index (χ3n) is 3.95. The summed E-state index contributed by atoms with van der Waals surface area (Å²) in [6, 6.07) is 6.27. The van der Waals surface area contributed by atoms with Gasteiger partial charge >= 0.3 is 5.97 Å². The quantitative estimate of drug-likeness (QED) is 0.752. The number of carbonyl (C=O) groups is 2. The lowest BCUT2D eigenvalue weighted by Gasteiger charge is -2.22. The molecule has 2 atom stereocenters. The molecule has 0 radical (unpaired) electrons. The number of thiophene rings is 1. The number of aliphatic carboxylic acids is 1. The maximum Gasteiger partial charge on any atom is 0.305 e. The summed E-state index contributed by atoms with van der Waals surface area (Å²) in [4.78, 5) is 23.8. The van der Waals surface area contributed by atoms with Gasteiger partial charge in [-0.1, -0.05) is 0 Å². The summed E-state index contributed by atoms with van der Waals surface area (Å²) in [6.07, 6.45) is -0.245. The van der Waals surface area contributed by atoms with Crippen molar-refractivity contribution in [2.45, 2.75) is 25.3 Å². The molecule has 0 aliphatic rings. The van der Waals surface area contributed by atoms with Crippen LogP contribution in [0.5, 0.6) is 11.5 Å². The normalized spacial score (nSPS) is 12.9. The Hall–Kier alpha value is -2.54. The van der Waals surface area contributed by atoms with Gasteiger partial charge in [0.15, 0.2) is 0 Å². The van der Waals surface area contributed by atoms with Gasteiger partial charge in [-0.15, -0.1) is 0 Å². The van der Waals surface area contributed by atoms with Crippen LogP contribution in [0.4, 0.5) is 0 Å². The second-order valence-electron chi connectivity index (χ2n) is 5.55. The SMILES string of the molecule is COc1ccc(C(CC(=O)O)NC(=O)C(C)c2ccsc2)c(OC)c1. The van der Waals surface area contributed by atoms with Crippen LogP contribution in [0.15, 0.2) is 35.0 Å².